The van der Waals surface area contributed by atoms with Crippen LogP contribution in [-0.2, 0) is 6.18 Å². The number of hydrogen-bond acceptors (Lipinski definition) is 7. The Labute approximate surface area is 166 Å². The molecule has 2 aliphatic rings. The fourth-order valence-electron chi connectivity index (χ4n) is 3.76. The van der Waals surface area contributed by atoms with Gasteiger partial charge in [0.1, 0.15) is 11.6 Å². The molecule has 2 aliphatic heterocycles. The molecule has 0 spiro atoms. The standard InChI is InChI=1S/C19H24F3N7/c1-11-9-29(10-11)17-7-15(13-8-25-16(24)6-14(13)19(20,21)22)26-18(27-17)28-4-2-12(23)3-5-28/h6-8,11-12H,2-5,9-10,23H2,1H3,(H2,24,25). The Bertz CT molecular complexity index is 888. The zero-order chi connectivity index (χ0) is 20.8. The molecule has 4 heterocycles. The molecule has 0 aliphatic carbocycles. The van der Waals surface area contributed by atoms with Crippen molar-refractivity contribution in [3.8, 4) is 11.3 Å². The van der Waals surface area contributed by atoms with E-state index in [1.54, 1.807) is 6.07 Å². The first-order chi connectivity index (χ1) is 13.7. The van der Waals surface area contributed by atoms with Crippen LogP contribution in [0.2, 0.25) is 0 Å². The third-order valence-electron chi connectivity index (χ3n) is 5.42. The van der Waals surface area contributed by atoms with Crippen LogP contribution in [0.5, 0.6) is 0 Å². The van der Waals surface area contributed by atoms with Crippen molar-refractivity contribution in [2.45, 2.75) is 32.0 Å². The average molecular weight is 407 g/mol. The Morgan fingerprint density at radius 3 is 2.38 bits per heavy atom. The molecule has 2 fully saturated rings. The molecule has 0 unspecified atom stereocenters. The van der Waals surface area contributed by atoms with Gasteiger partial charge in [-0.3, -0.25) is 0 Å². The molecule has 4 rings (SSSR count). The van der Waals surface area contributed by atoms with Crippen LogP contribution in [0.1, 0.15) is 25.3 Å². The molecule has 2 saturated heterocycles. The van der Waals surface area contributed by atoms with E-state index < -0.39 is 11.7 Å². The number of nitrogens with zero attached hydrogens (tertiary/aromatic N) is 5. The van der Waals surface area contributed by atoms with Crippen molar-refractivity contribution in [2.75, 3.05) is 41.7 Å². The highest BCUT2D eigenvalue weighted by molar-refractivity contribution is 5.69. The van der Waals surface area contributed by atoms with E-state index in [0.717, 1.165) is 38.2 Å². The molecule has 7 nitrogen and oxygen atoms in total. The molecular weight excluding hydrogens is 383 g/mol. The summed E-state index contributed by atoms with van der Waals surface area (Å²) in [7, 11) is 0. The number of nitrogen functional groups attached to an aromatic ring is 1. The summed E-state index contributed by atoms with van der Waals surface area (Å²) in [4.78, 5) is 17.0. The van der Waals surface area contributed by atoms with Crippen LogP contribution in [0.3, 0.4) is 0 Å². The number of anilines is 3. The fraction of sp³-hybridized carbons (Fsp3) is 0.526. The number of pyridine rings is 1. The van der Waals surface area contributed by atoms with E-state index in [1.807, 2.05) is 9.80 Å². The Hall–Kier alpha value is -2.62. The van der Waals surface area contributed by atoms with Crippen LogP contribution < -0.4 is 21.3 Å². The van der Waals surface area contributed by atoms with Gasteiger partial charge in [-0.2, -0.15) is 18.2 Å². The van der Waals surface area contributed by atoms with Crippen molar-refractivity contribution in [3.63, 3.8) is 0 Å². The van der Waals surface area contributed by atoms with E-state index in [9.17, 15) is 13.2 Å². The molecule has 2 aromatic heterocycles. The predicted molar refractivity (Wildman–Crippen MR) is 105 cm³/mol. The molecule has 29 heavy (non-hydrogen) atoms. The van der Waals surface area contributed by atoms with Gasteiger partial charge in [-0.1, -0.05) is 6.92 Å². The molecule has 4 N–H and O–H groups in total. The lowest BCUT2D eigenvalue weighted by atomic mass is 10.0. The van der Waals surface area contributed by atoms with Crippen LogP contribution in [0.15, 0.2) is 18.3 Å². The summed E-state index contributed by atoms with van der Waals surface area (Å²) in [5, 5.41) is 0. The van der Waals surface area contributed by atoms with Crippen LogP contribution in [-0.4, -0.2) is 47.2 Å². The van der Waals surface area contributed by atoms with Gasteiger partial charge in [-0.15, -0.1) is 0 Å². The minimum atomic E-state index is -4.57. The number of piperidine rings is 1. The first-order valence-electron chi connectivity index (χ1n) is 9.68. The second-order valence-corrected chi connectivity index (χ2v) is 7.90. The summed E-state index contributed by atoms with van der Waals surface area (Å²) in [6, 6.07) is 2.58. The van der Waals surface area contributed by atoms with Crippen molar-refractivity contribution < 1.29 is 13.2 Å². The maximum Gasteiger partial charge on any atom is 0.417 e. The SMILES string of the molecule is CC1CN(c2cc(-c3cnc(N)cc3C(F)(F)F)nc(N3CCC(N)CC3)n2)C1. The molecule has 0 bridgehead atoms. The predicted octanol–water partition coefficient (Wildman–Crippen LogP) is 2.52. The van der Waals surface area contributed by atoms with E-state index in [-0.39, 0.29) is 23.1 Å². The lowest BCUT2D eigenvalue weighted by molar-refractivity contribution is -0.137. The van der Waals surface area contributed by atoms with Crippen LogP contribution >= 0.6 is 0 Å². The highest BCUT2D eigenvalue weighted by atomic mass is 19.4. The molecule has 0 radical (unpaired) electrons. The molecule has 10 heteroatoms. The van der Waals surface area contributed by atoms with Crippen molar-refractivity contribution in [2.24, 2.45) is 11.7 Å². The summed E-state index contributed by atoms with van der Waals surface area (Å²) in [6.45, 7) is 5.09. The number of aromatic nitrogens is 3. The number of halogens is 3. The molecule has 0 atom stereocenters. The molecule has 0 amide bonds. The molecule has 0 saturated carbocycles. The smallest absolute Gasteiger partial charge is 0.384 e. The van der Waals surface area contributed by atoms with Crippen LogP contribution in [0.25, 0.3) is 11.3 Å². The Kier molecular flexibility index (Phi) is 4.97. The van der Waals surface area contributed by atoms with Gasteiger partial charge in [0, 0.05) is 50.0 Å². The van der Waals surface area contributed by atoms with Crippen LogP contribution in [0.4, 0.5) is 30.8 Å². The quantitative estimate of drug-likeness (QED) is 0.807. The van der Waals surface area contributed by atoms with Gasteiger partial charge in [0.05, 0.1) is 11.3 Å². The van der Waals surface area contributed by atoms with Gasteiger partial charge in [0.2, 0.25) is 5.95 Å². The van der Waals surface area contributed by atoms with Gasteiger partial charge < -0.3 is 21.3 Å². The summed E-state index contributed by atoms with van der Waals surface area (Å²) >= 11 is 0. The van der Waals surface area contributed by atoms with Crippen molar-refractivity contribution >= 4 is 17.6 Å². The lowest BCUT2D eigenvalue weighted by Crippen LogP contribution is -2.46. The van der Waals surface area contributed by atoms with E-state index in [1.165, 1.54) is 0 Å². The van der Waals surface area contributed by atoms with Gasteiger partial charge in [0.25, 0.3) is 0 Å². The Morgan fingerprint density at radius 1 is 1.07 bits per heavy atom. The lowest BCUT2D eigenvalue weighted by Gasteiger charge is -2.39. The van der Waals surface area contributed by atoms with Crippen molar-refractivity contribution in [3.05, 3.63) is 23.9 Å². The summed E-state index contributed by atoms with van der Waals surface area (Å²) in [5.41, 5.74) is 10.7. The first-order valence-corrected chi connectivity index (χ1v) is 9.68. The maximum absolute atomic E-state index is 13.6. The number of alkyl halides is 3. The van der Waals surface area contributed by atoms with E-state index in [2.05, 4.69) is 21.9 Å². The molecule has 2 aromatic rings. The Morgan fingerprint density at radius 2 is 1.76 bits per heavy atom. The number of rotatable bonds is 3. The average Bonchev–Trinajstić information content (AvgIpc) is 2.65. The molecule has 156 valence electrons. The second-order valence-electron chi connectivity index (χ2n) is 7.90. The summed E-state index contributed by atoms with van der Waals surface area (Å²) in [5.74, 6) is 1.39. The number of hydrogen-bond donors (Lipinski definition) is 2. The number of nitrogens with two attached hydrogens (primary N) is 2. The first kappa shape index (κ1) is 19.7. The topological polar surface area (TPSA) is 97.2 Å². The van der Waals surface area contributed by atoms with E-state index in [0.29, 0.717) is 30.8 Å². The highest BCUT2D eigenvalue weighted by Crippen LogP contribution is 2.38. The molecule has 0 aromatic carbocycles. The molecular formula is C19H24F3N7. The minimum Gasteiger partial charge on any atom is -0.384 e. The van der Waals surface area contributed by atoms with Gasteiger partial charge >= 0.3 is 6.18 Å². The summed E-state index contributed by atoms with van der Waals surface area (Å²) < 4.78 is 40.9. The van der Waals surface area contributed by atoms with Gasteiger partial charge in [-0.05, 0) is 24.8 Å². The van der Waals surface area contributed by atoms with Crippen molar-refractivity contribution in [1.82, 2.24) is 15.0 Å². The monoisotopic (exact) mass is 407 g/mol. The van der Waals surface area contributed by atoms with Gasteiger partial charge in [0.15, 0.2) is 0 Å². The zero-order valence-corrected chi connectivity index (χ0v) is 16.2. The van der Waals surface area contributed by atoms with Crippen molar-refractivity contribution in [1.29, 1.82) is 0 Å². The van der Waals surface area contributed by atoms with Crippen LogP contribution in [0, 0.1) is 5.92 Å². The Balaban J connectivity index is 1.79. The zero-order valence-electron chi connectivity index (χ0n) is 16.2. The second kappa shape index (κ2) is 7.33. The minimum absolute atomic E-state index is 0.0983. The summed E-state index contributed by atoms with van der Waals surface area (Å²) in [6.07, 6.45) is -1.85. The van der Waals surface area contributed by atoms with E-state index in [4.69, 9.17) is 11.5 Å². The maximum atomic E-state index is 13.6. The normalized spacial score (nSPS) is 18.8. The largest absolute Gasteiger partial charge is 0.417 e. The highest BCUT2D eigenvalue weighted by Gasteiger charge is 2.35. The fourth-order valence-corrected chi connectivity index (χ4v) is 3.76. The third kappa shape index (κ3) is 4.07. The van der Waals surface area contributed by atoms with E-state index >= 15 is 0 Å². The van der Waals surface area contributed by atoms with Gasteiger partial charge in [-0.25, -0.2) is 9.97 Å². The third-order valence-corrected chi connectivity index (χ3v) is 5.42.